The van der Waals surface area contributed by atoms with Crippen LogP contribution in [0.25, 0.3) is 0 Å². The van der Waals surface area contributed by atoms with Gasteiger partial charge in [-0.25, -0.2) is 0 Å². The molecule has 0 saturated heterocycles. The molecule has 4 atom stereocenters. The van der Waals surface area contributed by atoms with Crippen LogP contribution in [0.1, 0.15) is 49.0 Å². The molecule has 0 aliphatic heterocycles. The number of aliphatic hydroxyl groups is 2. The van der Waals surface area contributed by atoms with E-state index in [-0.39, 0.29) is 23.3 Å². The van der Waals surface area contributed by atoms with Crippen molar-refractivity contribution in [3.8, 4) is 5.75 Å². The minimum absolute atomic E-state index is 0.0836. The number of ether oxygens (including phenoxy) is 2. The molecule has 1 aromatic carbocycles. The summed E-state index contributed by atoms with van der Waals surface area (Å²) in [5.74, 6) is -6.09. The van der Waals surface area contributed by atoms with Crippen LogP contribution in [0.5, 0.6) is 5.75 Å². The number of carbonyl (C=O) groups excluding carboxylic acids is 4. The Morgan fingerprint density at radius 2 is 1.85 bits per heavy atom. The molecular weight excluding hydrogens is 518 g/mol. The van der Waals surface area contributed by atoms with E-state index < -0.39 is 58.3 Å². The molecule has 0 bridgehead atoms. The summed E-state index contributed by atoms with van der Waals surface area (Å²) >= 11 is 0. The number of anilines is 1. The minimum atomic E-state index is -2.63. The van der Waals surface area contributed by atoms with Crippen LogP contribution in [0, 0.1) is 11.8 Å². The number of benzene rings is 1. The zero-order valence-corrected chi connectivity index (χ0v) is 23.7. The fourth-order valence-corrected chi connectivity index (χ4v) is 6.33. The number of hydrogen-bond donors (Lipinski definition) is 3. The van der Waals surface area contributed by atoms with Crippen molar-refractivity contribution in [2.24, 2.45) is 17.6 Å². The number of likely N-dealkylation sites (N-methyl/N-ethyl adjacent to an activating group) is 1. The molecule has 3 aliphatic rings. The smallest absolute Gasteiger partial charge is 0.307 e. The molecule has 11 heteroatoms. The van der Waals surface area contributed by atoms with E-state index in [0.29, 0.717) is 18.8 Å². The third kappa shape index (κ3) is 4.46. The molecule has 1 aromatic rings. The summed E-state index contributed by atoms with van der Waals surface area (Å²) in [5, 5.41) is 23.6. The fraction of sp³-hybridized carbons (Fsp3) is 0.517. The van der Waals surface area contributed by atoms with Gasteiger partial charge in [-0.05, 0) is 57.0 Å². The molecule has 0 saturated carbocycles. The van der Waals surface area contributed by atoms with E-state index >= 15 is 0 Å². The van der Waals surface area contributed by atoms with Gasteiger partial charge in [0, 0.05) is 38.2 Å². The number of primary amides is 1. The summed E-state index contributed by atoms with van der Waals surface area (Å²) in [6.45, 7) is 3.54. The number of rotatable bonds is 8. The van der Waals surface area contributed by atoms with E-state index in [1.165, 1.54) is 0 Å². The second-order valence-electron chi connectivity index (χ2n) is 11.1. The number of hydrogen-bond acceptors (Lipinski definition) is 10. The molecule has 0 aromatic heterocycles. The van der Waals surface area contributed by atoms with Gasteiger partial charge in [-0.1, -0.05) is 13.3 Å². The van der Waals surface area contributed by atoms with Gasteiger partial charge in [-0.2, -0.15) is 0 Å². The summed E-state index contributed by atoms with van der Waals surface area (Å²) < 4.78 is 11.3. The van der Waals surface area contributed by atoms with Crippen molar-refractivity contribution in [3.63, 3.8) is 0 Å². The van der Waals surface area contributed by atoms with Gasteiger partial charge in [-0.15, -0.1) is 0 Å². The van der Waals surface area contributed by atoms with Crippen LogP contribution in [0.15, 0.2) is 34.8 Å². The maximum absolute atomic E-state index is 14.1. The summed E-state index contributed by atoms with van der Waals surface area (Å²) in [6, 6.07) is 2.62. The first-order valence-electron chi connectivity index (χ1n) is 13.4. The van der Waals surface area contributed by atoms with Crippen molar-refractivity contribution in [2.45, 2.75) is 51.2 Å². The Morgan fingerprint density at radius 3 is 2.40 bits per heavy atom. The molecule has 1 unspecified atom stereocenters. The van der Waals surface area contributed by atoms with Crippen molar-refractivity contribution in [1.29, 1.82) is 0 Å². The highest BCUT2D eigenvalue weighted by molar-refractivity contribution is 6.25. The Labute approximate surface area is 233 Å². The molecule has 3 aliphatic carbocycles. The van der Waals surface area contributed by atoms with E-state index in [2.05, 4.69) is 0 Å². The largest absolute Gasteiger partial charge is 0.508 e. The van der Waals surface area contributed by atoms with Gasteiger partial charge in [0.05, 0.1) is 18.2 Å². The van der Waals surface area contributed by atoms with Gasteiger partial charge in [-0.3, -0.25) is 24.1 Å². The number of ketones is 2. The van der Waals surface area contributed by atoms with Crippen LogP contribution < -0.4 is 15.4 Å². The number of aliphatic hydroxyl groups excluding tert-OH is 1. The highest BCUT2D eigenvalue weighted by atomic mass is 16.5. The Morgan fingerprint density at radius 1 is 1.18 bits per heavy atom. The second kappa shape index (κ2) is 10.7. The zero-order chi connectivity index (χ0) is 29.7. The zero-order valence-electron chi connectivity index (χ0n) is 23.7. The number of Topliss-reactive ketones (excluding diaryl/α,β-unsaturated/α-hetero) is 2. The standard InChI is InChI=1S/C29H37N3O8/c1-7-8-11-39-19-10-9-18(31(3)4)16-12-15-13-17-23(32(5)6)25(40-14(2)33)22(28(30)37)27(36)29(17,38)26(35)20(15)24(34)21(16)19/h9-10,15,17,23,35,38H,7-8,11-13H2,1-6H3,(H2,30,37)/t15-,17-,23?,29-/m0/s1. The van der Waals surface area contributed by atoms with E-state index in [9.17, 15) is 29.4 Å². The van der Waals surface area contributed by atoms with E-state index in [0.717, 1.165) is 31.0 Å². The average Bonchev–Trinajstić information content (AvgIpc) is 2.85. The number of amides is 1. The molecule has 40 heavy (non-hydrogen) atoms. The van der Waals surface area contributed by atoms with Gasteiger partial charge < -0.3 is 30.3 Å². The second-order valence-corrected chi connectivity index (χ2v) is 11.1. The first kappa shape index (κ1) is 29.3. The normalized spacial score (nSPS) is 25.9. The van der Waals surface area contributed by atoms with E-state index in [1.54, 1.807) is 25.1 Å². The quantitative estimate of drug-likeness (QED) is 0.245. The SMILES string of the molecule is CCCCOc1ccc(N(C)C)c2c1C(=O)C1=C(O)[C@]3(O)C(=O)C(C(N)=O)=C(OC(C)=O)C(N(C)C)[C@@H]3C[C@@H]1C2. The Hall–Kier alpha value is -3.70. The number of esters is 1. The Bertz CT molecular complexity index is 1340. The van der Waals surface area contributed by atoms with Crippen LogP contribution in [-0.2, 0) is 25.5 Å². The molecule has 1 amide bonds. The Kier molecular flexibility index (Phi) is 7.83. The molecule has 0 radical (unpaired) electrons. The van der Waals surface area contributed by atoms with Crippen LogP contribution in [0.3, 0.4) is 0 Å². The van der Waals surface area contributed by atoms with Crippen molar-refractivity contribution in [2.75, 3.05) is 39.7 Å². The number of nitrogens with two attached hydrogens (primary N) is 1. The summed E-state index contributed by atoms with van der Waals surface area (Å²) in [5.41, 5.74) is 3.92. The number of fused-ring (bicyclic) bond motifs is 3. The van der Waals surface area contributed by atoms with Crippen molar-refractivity contribution in [3.05, 3.63) is 45.9 Å². The predicted octanol–water partition coefficient (Wildman–Crippen LogP) is 1.67. The van der Waals surface area contributed by atoms with E-state index in [4.69, 9.17) is 15.2 Å². The molecular formula is C29H37N3O8. The Balaban J connectivity index is 1.95. The maximum atomic E-state index is 14.1. The molecule has 4 N–H and O–H groups in total. The minimum Gasteiger partial charge on any atom is -0.508 e. The molecule has 0 heterocycles. The summed E-state index contributed by atoms with van der Waals surface area (Å²) in [4.78, 5) is 55.8. The third-order valence-corrected chi connectivity index (χ3v) is 8.03. The van der Waals surface area contributed by atoms with Gasteiger partial charge in [0.2, 0.25) is 5.78 Å². The van der Waals surface area contributed by atoms with Crippen LogP contribution in [0.4, 0.5) is 5.69 Å². The molecule has 11 nitrogen and oxygen atoms in total. The predicted molar refractivity (Wildman–Crippen MR) is 146 cm³/mol. The average molecular weight is 556 g/mol. The van der Waals surface area contributed by atoms with Crippen molar-refractivity contribution < 1.29 is 38.9 Å². The van der Waals surface area contributed by atoms with Gasteiger partial charge in [0.1, 0.15) is 22.8 Å². The van der Waals surface area contributed by atoms with Gasteiger partial charge >= 0.3 is 5.97 Å². The molecule has 216 valence electrons. The lowest BCUT2D eigenvalue weighted by molar-refractivity contribution is -0.152. The lowest BCUT2D eigenvalue weighted by Gasteiger charge is -2.50. The maximum Gasteiger partial charge on any atom is 0.307 e. The number of allylic oxidation sites excluding steroid dienone is 1. The van der Waals surface area contributed by atoms with Crippen LogP contribution in [0.2, 0.25) is 0 Å². The number of carbonyl (C=O) groups is 4. The number of unbranched alkanes of at least 4 members (excludes halogenated alkanes) is 1. The lowest BCUT2D eigenvalue weighted by atomic mass is 9.58. The summed E-state index contributed by atoms with van der Waals surface area (Å²) in [6.07, 6.45) is 2.09. The molecule has 0 fully saturated rings. The van der Waals surface area contributed by atoms with Crippen molar-refractivity contribution >= 4 is 29.1 Å². The first-order valence-corrected chi connectivity index (χ1v) is 13.4. The fourth-order valence-electron chi connectivity index (χ4n) is 6.33. The molecule has 4 rings (SSSR count). The van der Waals surface area contributed by atoms with Crippen molar-refractivity contribution in [1.82, 2.24) is 4.90 Å². The van der Waals surface area contributed by atoms with Crippen LogP contribution >= 0.6 is 0 Å². The third-order valence-electron chi connectivity index (χ3n) is 8.03. The number of nitrogens with zero attached hydrogens (tertiary/aromatic N) is 2. The van der Waals surface area contributed by atoms with Gasteiger partial charge in [0.25, 0.3) is 5.91 Å². The van der Waals surface area contributed by atoms with Gasteiger partial charge in [0.15, 0.2) is 11.4 Å². The first-order chi connectivity index (χ1) is 18.8. The molecule has 0 spiro atoms. The lowest BCUT2D eigenvalue weighted by Crippen LogP contribution is -2.64. The van der Waals surface area contributed by atoms with Crippen LogP contribution in [-0.4, -0.2) is 85.0 Å². The van der Waals surface area contributed by atoms with E-state index in [1.807, 2.05) is 32.0 Å². The highest BCUT2D eigenvalue weighted by Gasteiger charge is 2.63. The summed E-state index contributed by atoms with van der Waals surface area (Å²) in [7, 11) is 6.99. The monoisotopic (exact) mass is 555 g/mol. The topological polar surface area (TPSA) is 160 Å². The highest BCUT2D eigenvalue weighted by Crippen LogP contribution is 2.53.